The summed E-state index contributed by atoms with van der Waals surface area (Å²) in [6, 6.07) is 7.75. The van der Waals surface area contributed by atoms with Crippen molar-refractivity contribution in [3.63, 3.8) is 0 Å². The number of nitriles is 1. The molecule has 0 atom stereocenters. The molecule has 0 aliphatic heterocycles. The van der Waals surface area contributed by atoms with Crippen LogP contribution in [0.4, 0.5) is 4.39 Å². The number of thioether (sulfide) groups is 1. The molecule has 0 N–H and O–H groups in total. The van der Waals surface area contributed by atoms with E-state index in [1.54, 1.807) is 0 Å². The second kappa shape index (κ2) is 7.38. The Bertz CT molecular complexity index is 936. The number of esters is 1. The van der Waals surface area contributed by atoms with Gasteiger partial charge in [0.1, 0.15) is 28.6 Å². The zero-order chi connectivity index (χ0) is 16.9. The smallest absolute Gasteiger partial charge is 0.316 e. The summed E-state index contributed by atoms with van der Waals surface area (Å²) in [5.41, 5.74) is 0.493. The quantitative estimate of drug-likeness (QED) is 0.394. The predicted molar refractivity (Wildman–Crippen MR) is 89.1 cm³/mol. The van der Waals surface area contributed by atoms with Gasteiger partial charge in [-0.25, -0.2) is 14.4 Å². The van der Waals surface area contributed by atoms with Crippen molar-refractivity contribution >= 4 is 39.3 Å². The topological polar surface area (TPSA) is 75.9 Å². The Morgan fingerprint density at radius 3 is 3.08 bits per heavy atom. The van der Waals surface area contributed by atoms with Crippen molar-refractivity contribution in [2.24, 2.45) is 0 Å². The van der Waals surface area contributed by atoms with E-state index in [1.807, 2.05) is 17.5 Å². The molecule has 0 aliphatic rings. The lowest BCUT2D eigenvalue weighted by molar-refractivity contribution is -0.141. The van der Waals surface area contributed by atoms with E-state index in [-0.39, 0.29) is 17.9 Å². The van der Waals surface area contributed by atoms with E-state index in [9.17, 15) is 9.18 Å². The molecule has 0 saturated heterocycles. The Kier molecular flexibility index (Phi) is 5.03. The Morgan fingerprint density at radius 2 is 2.25 bits per heavy atom. The number of carbonyl (C=O) groups excluding carboxylic acids is 1. The van der Waals surface area contributed by atoms with Crippen molar-refractivity contribution in [3.05, 3.63) is 52.9 Å². The highest BCUT2D eigenvalue weighted by Gasteiger charge is 2.11. The Labute approximate surface area is 145 Å². The van der Waals surface area contributed by atoms with Crippen LogP contribution in [0.15, 0.2) is 41.0 Å². The summed E-state index contributed by atoms with van der Waals surface area (Å²) in [7, 11) is 0. The molecule has 2 heterocycles. The normalized spacial score (nSPS) is 10.5. The maximum atomic E-state index is 13.6. The summed E-state index contributed by atoms with van der Waals surface area (Å²) < 4.78 is 18.7. The minimum Gasteiger partial charge on any atom is -0.460 e. The van der Waals surface area contributed by atoms with Gasteiger partial charge < -0.3 is 4.74 Å². The van der Waals surface area contributed by atoms with Crippen molar-refractivity contribution in [1.82, 2.24) is 9.97 Å². The Morgan fingerprint density at radius 1 is 1.38 bits per heavy atom. The molecule has 24 heavy (non-hydrogen) atoms. The second-order valence-electron chi connectivity index (χ2n) is 4.69. The molecule has 0 spiro atoms. The number of hydrogen-bond donors (Lipinski definition) is 0. The number of carbonyl (C=O) groups is 1. The molecule has 0 radical (unpaired) electrons. The molecule has 0 saturated carbocycles. The maximum Gasteiger partial charge on any atom is 0.316 e. The number of ether oxygens (including phenoxy) is 1. The predicted octanol–water partition coefficient (Wildman–Crippen LogP) is 3.54. The fourth-order valence-corrected chi connectivity index (χ4v) is 3.54. The molecule has 1 aromatic carbocycles. The van der Waals surface area contributed by atoms with E-state index in [0.29, 0.717) is 10.6 Å². The Hall–Kier alpha value is -2.50. The first-order valence-corrected chi connectivity index (χ1v) is 8.69. The van der Waals surface area contributed by atoms with Gasteiger partial charge in [0, 0.05) is 10.9 Å². The van der Waals surface area contributed by atoms with Crippen LogP contribution in [-0.2, 0) is 16.1 Å². The zero-order valence-corrected chi connectivity index (χ0v) is 13.9. The highest BCUT2D eigenvalue weighted by molar-refractivity contribution is 8.00. The molecular formula is C16H10FN3O2S2. The van der Waals surface area contributed by atoms with Crippen LogP contribution in [0.5, 0.6) is 0 Å². The fourth-order valence-electron chi connectivity index (χ4n) is 1.96. The van der Waals surface area contributed by atoms with Crippen molar-refractivity contribution in [2.75, 3.05) is 5.75 Å². The van der Waals surface area contributed by atoms with E-state index in [0.717, 1.165) is 10.2 Å². The van der Waals surface area contributed by atoms with Crippen LogP contribution in [0.2, 0.25) is 0 Å². The van der Waals surface area contributed by atoms with Gasteiger partial charge in [-0.15, -0.1) is 11.3 Å². The van der Waals surface area contributed by atoms with Gasteiger partial charge in [-0.05, 0) is 29.6 Å². The van der Waals surface area contributed by atoms with Gasteiger partial charge in [0.2, 0.25) is 0 Å². The summed E-state index contributed by atoms with van der Waals surface area (Å²) in [5, 5.41) is 12.3. The number of thiophene rings is 1. The highest BCUT2D eigenvalue weighted by Crippen LogP contribution is 2.27. The number of hydrogen-bond acceptors (Lipinski definition) is 7. The molecule has 0 fully saturated rings. The van der Waals surface area contributed by atoms with Gasteiger partial charge in [-0.2, -0.15) is 5.26 Å². The van der Waals surface area contributed by atoms with Gasteiger partial charge >= 0.3 is 5.97 Å². The fraction of sp³-hybridized carbons (Fsp3) is 0.125. The van der Waals surface area contributed by atoms with Crippen LogP contribution >= 0.6 is 23.1 Å². The number of rotatable bonds is 5. The van der Waals surface area contributed by atoms with E-state index >= 15 is 0 Å². The van der Waals surface area contributed by atoms with E-state index < -0.39 is 11.8 Å². The lowest BCUT2D eigenvalue weighted by Gasteiger charge is -2.06. The van der Waals surface area contributed by atoms with Crippen molar-refractivity contribution in [1.29, 1.82) is 5.26 Å². The first-order chi connectivity index (χ1) is 11.7. The third kappa shape index (κ3) is 3.69. The van der Waals surface area contributed by atoms with Gasteiger partial charge in [-0.3, -0.25) is 4.79 Å². The van der Waals surface area contributed by atoms with Crippen LogP contribution in [0.1, 0.15) is 11.1 Å². The van der Waals surface area contributed by atoms with Crippen LogP contribution < -0.4 is 0 Å². The Balaban J connectivity index is 1.59. The molecule has 120 valence electrons. The number of benzene rings is 1. The molecule has 0 unspecified atom stereocenters. The summed E-state index contributed by atoms with van der Waals surface area (Å²) in [4.78, 5) is 21.0. The zero-order valence-electron chi connectivity index (χ0n) is 12.2. The number of aromatic nitrogens is 2. The molecule has 2 aromatic heterocycles. The minimum absolute atomic E-state index is 0.0571. The average Bonchev–Trinajstić information content (AvgIpc) is 3.08. The van der Waals surface area contributed by atoms with Crippen molar-refractivity contribution in [3.8, 4) is 6.07 Å². The second-order valence-corrected chi connectivity index (χ2v) is 6.54. The molecular weight excluding hydrogens is 349 g/mol. The average molecular weight is 359 g/mol. The van der Waals surface area contributed by atoms with E-state index in [4.69, 9.17) is 10.00 Å². The SMILES string of the molecule is N#Cc1ccc(F)c(COC(=O)CSc2ncnc3sccc23)c1. The molecule has 3 rings (SSSR count). The van der Waals surface area contributed by atoms with Gasteiger partial charge in [0.05, 0.1) is 17.4 Å². The monoisotopic (exact) mass is 359 g/mol. The number of fused-ring (bicyclic) bond motifs is 1. The molecule has 0 amide bonds. The molecule has 3 aromatic rings. The molecule has 8 heteroatoms. The van der Waals surface area contributed by atoms with Crippen LogP contribution in [0.25, 0.3) is 10.2 Å². The van der Waals surface area contributed by atoms with Crippen LogP contribution in [0, 0.1) is 17.1 Å². The summed E-state index contributed by atoms with van der Waals surface area (Å²) in [6.07, 6.45) is 1.45. The minimum atomic E-state index is -0.509. The summed E-state index contributed by atoms with van der Waals surface area (Å²) in [5.74, 6) is -0.935. The van der Waals surface area contributed by atoms with Gasteiger partial charge in [0.15, 0.2) is 0 Å². The largest absolute Gasteiger partial charge is 0.460 e. The van der Waals surface area contributed by atoms with Crippen LogP contribution in [0.3, 0.4) is 0 Å². The van der Waals surface area contributed by atoms with Crippen LogP contribution in [-0.4, -0.2) is 21.7 Å². The third-order valence-electron chi connectivity index (χ3n) is 3.12. The first kappa shape index (κ1) is 16.4. The van der Waals surface area contributed by atoms with Gasteiger partial charge in [-0.1, -0.05) is 11.8 Å². The lowest BCUT2D eigenvalue weighted by atomic mass is 10.1. The summed E-state index contributed by atoms with van der Waals surface area (Å²) in [6.45, 7) is -0.210. The van der Waals surface area contributed by atoms with E-state index in [2.05, 4.69) is 9.97 Å². The lowest BCUT2D eigenvalue weighted by Crippen LogP contribution is -2.08. The summed E-state index contributed by atoms with van der Waals surface area (Å²) >= 11 is 2.74. The number of nitrogens with zero attached hydrogens (tertiary/aromatic N) is 3. The third-order valence-corrected chi connectivity index (χ3v) is 4.91. The molecule has 0 aliphatic carbocycles. The molecule has 5 nitrogen and oxygen atoms in total. The van der Waals surface area contributed by atoms with Crippen molar-refractivity contribution < 1.29 is 13.9 Å². The highest BCUT2D eigenvalue weighted by atomic mass is 32.2. The number of halogens is 1. The standard InChI is InChI=1S/C16H10FN3O2S2/c17-13-2-1-10(6-18)5-11(13)7-22-14(21)8-24-16-12-3-4-23-15(12)19-9-20-16/h1-5,9H,7-8H2. The van der Waals surface area contributed by atoms with E-state index in [1.165, 1.54) is 47.6 Å². The maximum absolute atomic E-state index is 13.6. The first-order valence-electron chi connectivity index (χ1n) is 6.82. The van der Waals surface area contributed by atoms with Gasteiger partial charge in [0.25, 0.3) is 0 Å². The molecule has 0 bridgehead atoms. The van der Waals surface area contributed by atoms with Crippen molar-refractivity contribution in [2.45, 2.75) is 11.6 Å².